The molecule has 0 aliphatic heterocycles. The average molecular weight is 319 g/mol. The summed E-state index contributed by atoms with van der Waals surface area (Å²) in [6.45, 7) is 10.6. The molecule has 0 atom stereocenters. The third-order valence-corrected chi connectivity index (χ3v) is 4.00. The molecule has 0 fully saturated rings. The summed E-state index contributed by atoms with van der Waals surface area (Å²) in [6, 6.07) is 4.06. The van der Waals surface area contributed by atoms with Crippen LogP contribution in [0, 0.1) is 0 Å². The molecule has 0 heterocycles. The highest BCUT2D eigenvalue weighted by molar-refractivity contribution is 5.48. The van der Waals surface area contributed by atoms with Crippen molar-refractivity contribution in [2.75, 3.05) is 0 Å². The Morgan fingerprint density at radius 1 is 1.17 bits per heavy atom. The van der Waals surface area contributed by atoms with Crippen molar-refractivity contribution in [2.24, 2.45) is 0 Å². The van der Waals surface area contributed by atoms with Gasteiger partial charge in [-0.2, -0.15) is 0 Å². The van der Waals surface area contributed by atoms with Crippen LogP contribution >= 0.6 is 0 Å². The predicted octanol–water partition coefficient (Wildman–Crippen LogP) is 6.20. The summed E-state index contributed by atoms with van der Waals surface area (Å²) < 4.78 is 5.99. The van der Waals surface area contributed by atoms with E-state index in [0.717, 1.165) is 43.4 Å². The zero-order valence-corrected chi connectivity index (χ0v) is 15.6. The molecule has 2 heteroatoms. The Hall–Kier alpha value is -1.44. The summed E-state index contributed by atoms with van der Waals surface area (Å²) in [7, 11) is 0. The first-order valence-electron chi connectivity index (χ1n) is 9.14. The fourth-order valence-corrected chi connectivity index (χ4v) is 2.79. The van der Waals surface area contributed by atoms with E-state index in [2.05, 4.69) is 32.9 Å². The second-order valence-electron chi connectivity index (χ2n) is 6.67. The van der Waals surface area contributed by atoms with Crippen molar-refractivity contribution in [3.05, 3.63) is 34.9 Å². The number of hydrogen-bond acceptors (Lipinski definition) is 2. The van der Waals surface area contributed by atoms with Crippen molar-refractivity contribution < 1.29 is 9.84 Å². The number of hydrogen-bond donors (Lipinski definition) is 1. The van der Waals surface area contributed by atoms with Crippen LogP contribution in [0.15, 0.2) is 23.8 Å². The maximum absolute atomic E-state index is 10.5. The van der Waals surface area contributed by atoms with E-state index in [1.807, 2.05) is 19.9 Å². The molecule has 0 aromatic heterocycles. The highest BCUT2D eigenvalue weighted by Gasteiger charge is 2.13. The van der Waals surface area contributed by atoms with E-state index in [-0.39, 0.29) is 6.10 Å². The molecular weight excluding hydrogens is 284 g/mol. The Morgan fingerprint density at radius 2 is 1.91 bits per heavy atom. The molecular formula is C21H34O2. The molecule has 1 N–H and O–H groups in total. The van der Waals surface area contributed by atoms with E-state index in [4.69, 9.17) is 4.74 Å². The van der Waals surface area contributed by atoms with Crippen LogP contribution in [0.1, 0.15) is 77.8 Å². The van der Waals surface area contributed by atoms with Crippen molar-refractivity contribution in [1.29, 1.82) is 0 Å². The van der Waals surface area contributed by atoms with Crippen molar-refractivity contribution >= 4 is 0 Å². The first-order chi connectivity index (χ1) is 11.0. The molecule has 23 heavy (non-hydrogen) atoms. The summed E-state index contributed by atoms with van der Waals surface area (Å²) in [6.07, 6.45) is 9.82. The fraction of sp³-hybridized carbons (Fsp3) is 0.619. The predicted molar refractivity (Wildman–Crippen MR) is 99.5 cm³/mol. The second kappa shape index (κ2) is 10.4. The third-order valence-electron chi connectivity index (χ3n) is 4.00. The Morgan fingerprint density at radius 3 is 2.52 bits per heavy atom. The molecule has 0 bridgehead atoms. The van der Waals surface area contributed by atoms with Crippen LogP contribution in [-0.4, -0.2) is 11.2 Å². The summed E-state index contributed by atoms with van der Waals surface area (Å²) >= 11 is 0. The normalized spacial score (nSPS) is 12.0. The molecule has 0 aliphatic rings. The van der Waals surface area contributed by atoms with Gasteiger partial charge in [0.15, 0.2) is 0 Å². The van der Waals surface area contributed by atoms with Crippen LogP contribution in [0.4, 0.5) is 0 Å². The Balaban J connectivity index is 2.95. The van der Waals surface area contributed by atoms with Gasteiger partial charge in [-0.05, 0) is 70.6 Å². The first-order valence-corrected chi connectivity index (χ1v) is 9.14. The summed E-state index contributed by atoms with van der Waals surface area (Å²) in [4.78, 5) is 0. The maximum Gasteiger partial charge on any atom is 0.126 e. The average Bonchev–Trinajstić information content (AvgIpc) is 2.46. The van der Waals surface area contributed by atoms with E-state index in [0.29, 0.717) is 5.75 Å². The molecule has 1 aromatic rings. The largest absolute Gasteiger partial charge is 0.508 e. The van der Waals surface area contributed by atoms with E-state index < -0.39 is 0 Å². The van der Waals surface area contributed by atoms with Gasteiger partial charge in [-0.15, -0.1) is 0 Å². The molecule has 0 radical (unpaired) electrons. The number of aromatic hydroxyl groups is 1. The van der Waals surface area contributed by atoms with Gasteiger partial charge in [-0.1, -0.05) is 38.3 Å². The molecule has 130 valence electrons. The van der Waals surface area contributed by atoms with Crippen molar-refractivity contribution in [3.63, 3.8) is 0 Å². The van der Waals surface area contributed by atoms with Gasteiger partial charge in [0.2, 0.25) is 0 Å². The SMILES string of the molecule is CC/C=C(/C)CCc1c(O)cc(CCCCC)cc1OC(C)C. The van der Waals surface area contributed by atoms with Gasteiger partial charge >= 0.3 is 0 Å². The van der Waals surface area contributed by atoms with Gasteiger partial charge in [0.1, 0.15) is 11.5 Å². The number of benzene rings is 1. The lowest BCUT2D eigenvalue weighted by Crippen LogP contribution is -2.08. The van der Waals surface area contributed by atoms with Gasteiger partial charge < -0.3 is 9.84 Å². The maximum atomic E-state index is 10.5. The quantitative estimate of drug-likeness (QED) is 0.411. The van der Waals surface area contributed by atoms with Crippen LogP contribution in [0.5, 0.6) is 11.5 Å². The lowest BCUT2D eigenvalue weighted by atomic mass is 9.99. The van der Waals surface area contributed by atoms with E-state index in [1.54, 1.807) is 0 Å². The molecule has 0 spiro atoms. The number of allylic oxidation sites excluding steroid dienone is 2. The number of phenols is 1. The van der Waals surface area contributed by atoms with Crippen LogP contribution in [0.2, 0.25) is 0 Å². The van der Waals surface area contributed by atoms with Crippen LogP contribution in [0.3, 0.4) is 0 Å². The number of unbranched alkanes of at least 4 members (excludes halogenated alkanes) is 2. The molecule has 1 aromatic carbocycles. The zero-order valence-electron chi connectivity index (χ0n) is 15.6. The lowest BCUT2D eigenvalue weighted by molar-refractivity contribution is 0.238. The lowest BCUT2D eigenvalue weighted by Gasteiger charge is -2.17. The Labute approximate surface area is 142 Å². The topological polar surface area (TPSA) is 29.5 Å². The molecule has 0 saturated carbocycles. The Kier molecular flexibility index (Phi) is 8.83. The summed E-state index contributed by atoms with van der Waals surface area (Å²) in [5, 5.41) is 10.5. The molecule has 0 unspecified atom stereocenters. The Bertz CT molecular complexity index is 501. The first kappa shape index (κ1) is 19.6. The van der Waals surface area contributed by atoms with Crippen LogP contribution in [-0.2, 0) is 12.8 Å². The van der Waals surface area contributed by atoms with Crippen LogP contribution in [0.25, 0.3) is 0 Å². The molecule has 0 saturated heterocycles. The van der Waals surface area contributed by atoms with Gasteiger partial charge in [-0.25, -0.2) is 0 Å². The number of rotatable bonds is 10. The van der Waals surface area contributed by atoms with E-state index in [1.165, 1.54) is 24.0 Å². The third kappa shape index (κ3) is 7.11. The van der Waals surface area contributed by atoms with Gasteiger partial charge in [0, 0.05) is 5.56 Å². The van der Waals surface area contributed by atoms with Gasteiger partial charge in [-0.3, -0.25) is 0 Å². The second-order valence-corrected chi connectivity index (χ2v) is 6.67. The monoisotopic (exact) mass is 318 g/mol. The molecule has 0 amide bonds. The number of aryl methyl sites for hydroxylation is 1. The van der Waals surface area contributed by atoms with Gasteiger partial charge in [0.25, 0.3) is 0 Å². The number of phenolic OH excluding ortho intramolecular Hbond substituents is 1. The van der Waals surface area contributed by atoms with Crippen molar-refractivity contribution in [3.8, 4) is 11.5 Å². The highest BCUT2D eigenvalue weighted by atomic mass is 16.5. The summed E-state index contributed by atoms with van der Waals surface area (Å²) in [5.41, 5.74) is 3.49. The van der Waals surface area contributed by atoms with Crippen molar-refractivity contribution in [2.45, 2.75) is 85.7 Å². The van der Waals surface area contributed by atoms with Gasteiger partial charge in [0.05, 0.1) is 6.10 Å². The van der Waals surface area contributed by atoms with Crippen molar-refractivity contribution in [1.82, 2.24) is 0 Å². The smallest absolute Gasteiger partial charge is 0.126 e. The number of ether oxygens (including phenoxy) is 1. The van der Waals surface area contributed by atoms with E-state index in [9.17, 15) is 5.11 Å². The minimum absolute atomic E-state index is 0.117. The van der Waals surface area contributed by atoms with E-state index >= 15 is 0 Å². The molecule has 1 rings (SSSR count). The highest BCUT2D eigenvalue weighted by Crippen LogP contribution is 2.33. The minimum atomic E-state index is 0.117. The zero-order chi connectivity index (χ0) is 17.2. The molecule has 2 nitrogen and oxygen atoms in total. The summed E-state index contributed by atoms with van der Waals surface area (Å²) in [5.74, 6) is 1.25. The standard InChI is InChI=1S/C21H34O2/c1-6-8-9-11-18-14-20(22)19(13-12-17(5)10-7-2)21(15-18)23-16(3)4/h10,14-16,22H,6-9,11-13H2,1-5H3/b17-10-. The fourth-order valence-electron chi connectivity index (χ4n) is 2.79. The minimum Gasteiger partial charge on any atom is -0.508 e. The molecule has 0 aliphatic carbocycles. The van der Waals surface area contributed by atoms with Crippen LogP contribution < -0.4 is 4.74 Å².